The van der Waals surface area contributed by atoms with Crippen molar-refractivity contribution >= 4 is 0 Å². The van der Waals surface area contributed by atoms with Crippen LogP contribution in [0.2, 0.25) is 0 Å². The van der Waals surface area contributed by atoms with Gasteiger partial charge in [-0.15, -0.1) is 5.10 Å². The average Bonchev–Trinajstić information content (AvgIpc) is 2.95. The zero-order valence-electron chi connectivity index (χ0n) is 12.5. The Kier molecular flexibility index (Phi) is 5.34. The monoisotopic (exact) mass is 265 g/mol. The molecule has 1 fully saturated rings. The molecule has 0 radical (unpaired) electrons. The first kappa shape index (κ1) is 14.5. The van der Waals surface area contributed by atoms with Crippen molar-refractivity contribution in [3.8, 4) is 0 Å². The van der Waals surface area contributed by atoms with Crippen LogP contribution in [0.4, 0.5) is 0 Å². The van der Waals surface area contributed by atoms with E-state index in [1.54, 1.807) is 0 Å². The first-order valence-electron chi connectivity index (χ1n) is 7.51. The molecule has 1 aliphatic heterocycles. The Balaban J connectivity index is 1.71. The van der Waals surface area contributed by atoms with Gasteiger partial charge in [-0.3, -0.25) is 4.68 Å². The molecule has 1 saturated heterocycles. The SMILES string of the molecule is CCCNCc1cn(CCN2CC(C)C(C)C2)nn1. The molecule has 1 N–H and O–H groups in total. The van der Waals surface area contributed by atoms with Crippen LogP contribution in [0, 0.1) is 11.8 Å². The van der Waals surface area contributed by atoms with Crippen molar-refractivity contribution in [1.29, 1.82) is 0 Å². The lowest BCUT2D eigenvalue weighted by Crippen LogP contribution is -2.25. The largest absolute Gasteiger partial charge is 0.311 e. The molecule has 2 unspecified atom stereocenters. The van der Waals surface area contributed by atoms with E-state index in [1.165, 1.54) is 13.1 Å². The molecule has 5 nitrogen and oxygen atoms in total. The number of nitrogens with zero attached hydrogens (tertiary/aromatic N) is 4. The molecule has 108 valence electrons. The molecule has 0 bridgehead atoms. The number of hydrogen-bond donors (Lipinski definition) is 1. The van der Waals surface area contributed by atoms with Crippen LogP contribution in [0.25, 0.3) is 0 Å². The Morgan fingerprint density at radius 3 is 2.68 bits per heavy atom. The van der Waals surface area contributed by atoms with Gasteiger partial charge in [-0.2, -0.15) is 0 Å². The number of rotatable bonds is 7. The van der Waals surface area contributed by atoms with Crippen LogP contribution in [0.1, 0.15) is 32.9 Å². The number of nitrogens with one attached hydrogen (secondary N) is 1. The van der Waals surface area contributed by atoms with Crippen molar-refractivity contribution < 1.29 is 0 Å². The lowest BCUT2D eigenvalue weighted by atomic mass is 10.0. The number of likely N-dealkylation sites (tertiary alicyclic amines) is 1. The van der Waals surface area contributed by atoms with E-state index in [2.05, 4.69) is 47.5 Å². The van der Waals surface area contributed by atoms with Crippen molar-refractivity contribution in [2.24, 2.45) is 11.8 Å². The van der Waals surface area contributed by atoms with Crippen molar-refractivity contribution in [2.45, 2.75) is 40.3 Å². The molecular formula is C14H27N5. The highest BCUT2D eigenvalue weighted by Gasteiger charge is 2.25. The van der Waals surface area contributed by atoms with Crippen LogP contribution < -0.4 is 5.32 Å². The second-order valence-electron chi connectivity index (χ2n) is 5.86. The third kappa shape index (κ3) is 4.28. The highest BCUT2D eigenvalue weighted by Crippen LogP contribution is 2.21. The third-order valence-electron chi connectivity index (χ3n) is 4.03. The number of hydrogen-bond acceptors (Lipinski definition) is 4. The minimum absolute atomic E-state index is 0.824. The topological polar surface area (TPSA) is 46.0 Å². The molecule has 0 aliphatic carbocycles. The van der Waals surface area contributed by atoms with E-state index in [4.69, 9.17) is 0 Å². The molecule has 0 spiro atoms. The fourth-order valence-electron chi connectivity index (χ4n) is 2.60. The van der Waals surface area contributed by atoms with Gasteiger partial charge >= 0.3 is 0 Å². The summed E-state index contributed by atoms with van der Waals surface area (Å²) >= 11 is 0. The summed E-state index contributed by atoms with van der Waals surface area (Å²) in [5, 5.41) is 11.7. The van der Waals surface area contributed by atoms with E-state index >= 15 is 0 Å². The van der Waals surface area contributed by atoms with Crippen LogP contribution in [0.5, 0.6) is 0 Å². The summed E-state index contributed by atoms with van der Waals surface area (Å²) in [6.07, 6.45) is 3.21. The van der Waals surface area contributed by atoms with Gasteiger partial charge in [0.1, 0.15) is 0 Å². The molecule has 1 aromatic rings. The van der Waals surface area contributed by atoms with Gasteiger partial charge in [0, 0.05) is 32.4 Å². The summed E-state index contributed by atoms with van der Waals surface area (Å²) in [6.45, 7) is 13.2. The molecule has 2 rings (SSSR count). The van der Waals surface area contributed by atoms with Crippen molar-refractivity contribution in [2.75, 3.05) is 26.2 Å². The fourth-order valence-corrected chi connectivity index (χ4v) is 2.60. The summed E-state index contributed by atoms with van der Waals surface area (Å²) in [5.74, 6) is 1.65. The fraction of sp³-hybridized carbons (Fsp3) is 0.857. The maximum absolute atomic E-state index is 4.20. The maximum Gasteiger partial charge on any atom is 0.0964 e. The Hall–Kier alpha value is -0.940. The molecule has 2 atom stereocenters. The van der Waals surface area contributed by atoms with E-state index < -0.39 is 0 Å². The van der Waals surface area contributed by atoms with Crippen LogP contribution in [0.3, 0.4) is 0 Å². The normalized spacial score (nSPS) is 24.2. The van der Waals surface area contributed by atoms with Crippen molar-refractivity contribution in [3.63, 3.8) is 0 Å². The van der Waals surface area contributed by atoms with Gasteiger partial charge in [0.25, 0.3) is 0 Å². The van der Waals surface area contributed by atoms with Crippen LogP contribution in [-0.4, -0.2) is 46.1 Å². The second-order valence-corrected chi connectivity index (χ2v) is 5.86. The van der Waals surface area contributed by atoms with Crippen LogP contribution in [0.15, 0.2) is 6.20 Å². The van der Waals surface area contributed by atoms with Gasteiger partial charge in [0.15, 0.2) is 0 Å². The first-order valence-corrected chi connectivity index (χ1v) is 7.51. The lowest BCUT2D eigenvalue weighted by Gasteiger charge is -2.14. The Morgan fingerprint density at radius 1 is 1.26 bits per heavy atom. The highest BCUT2D eigenvalue weighted by molar-refractivity contribution is 4.91. The summed E-state index contributed by atoms with van der Waals surface area (Å²) in [5.41, 5.74) is 1.04. The van der Waals surface area contributed by atoms with Crippen LogP contribution >= 0.6 is 0 Å². The predicted octanol–water partition coefficient (Wildman–Crippen LogP) is 1.37. The summed E-state index contributed by atoms with van der Waals surface area (Å²) < 4.78 is 1.97. The highest BCUT2D eigenvalue weighted by atomic mass is 15.4. The van der Waals surface area contributed by atoms with Crippen molar-refractivity contribution in [3.05, 3.63) is 11.9 Å². The first-order chi connectivity index (χ1) is 9.19. The van der Waals surface area contributed by atoms with Gasteiger partial charge in [-0.25, -0.2) is 0 Å². The van der Waals surface area contributed by atoms with Gasteiger partial charge in [-0.1, -0.05) is 26.0 Å². The smallest absolute Gasteiger partial charge is 0.0964 e. The Labute approximate surface area is 116 Å². The molecule has 2 heterocycles. The van der Waals surface area contributed by atoms with Gasteiger partial charge in [-0.05, 0) is 24.8 Å². The molecule has 1 aliphatic rings. The molecule has 0 amide bonds. The van der Waals surface area contributed by atoms with Crippen LogP contribution in [-0.2, 0) is 13.1 Å². The zero-order valence-corrected chi connectivity index (χ0v) is 12.5. The average molecular weight is 265 g/mol. The summed E-state index contributed by atoms with van der Waals surface area (Å²) in [6, 6.07) is 0. The van der Waals surface area contributed by atoms with E-state index in [0.29, 0.717) is 0 Å². The molecule has 0 aromatic carbocycles. The number of aromatic nitrogens is 3. The summed E-state index contributed by atoms with van der Waals surface area (Å²) in [4.78, 5) is 2.53. The molecule has 0 saturated carbocycles. The molecule has 5 heteroatoms. The standard InChI is InChI=1S/C14H27N5/c1-4-5-15-8-14-11-19(17-16-14)7-6-18-9-12(2)13(3)10-18/h11-13,15H,4-10H2,1-3H3. The van der Waals surface area contributed by atoms with E-state index in [1.807, 2.05) is 4.68 Å². The lowest BCUT2D eigenvalue weighted by molar-refractivity contribution is 0.301. The van der Waals surface area contributed by atoms with Gasteiger partial charge in [0.05, 0.1) is 12.2 Å². The quantitative estimate of drug-likeness (QED) is 0.756. The van der Waals surface area contributed by atoms with Gasteiger partial charge < -0.3 is 10.2 Å². The predicted molar refractivity (Wildman–Crippen MR) is 76.8 cm³/mol. The summed E-state index contributed by atoms with van der Waals surface area (Å²) in [7, 11) is 0. The third-order valence-corrected chi connectivity index (χ3v) is 4.03. The maximum atomic E-state index is 4.20. The molecule has 1 aromatic heterocycles. The minimum atomic E-state index is 0.824. The Morgan fingerprint density at radius 2 is 2.00 bits per heavy atom. The molecular weight excluding hydrogens is 238 g/mol. The van der Waals surface area contributed by atoms with E-state index in [9.17, 15) is 0 Å². The minimum Gasteiger partial charge on any atom is -0.311 e. The van der Waals surface area contributed by atoms with E-state index in [0.717, 1.165) is 50.1 Å². The van der Waals surface area contributed by atoms with Gasteiger partial charge in [0.2, 0.25) is 0 Å². The zero-order chi connectivity index (χ0) is 13.7. The Bertz CT molecular complexity index is 366. The second kappa shape index (κ2) is 7.01. The van der Waals surface area contributed by atoms with Crippen molar-refractivity contribution in [1.82, 2.24) is 25.2 Å². The molecule has 19 heavy (non-hydrogen) atoms. The van der Waals surface area contributed by atoms with E-state index in [-0.39, 0.29) is 0 Å².